The van der Waals surface area contributed by atoms with Crippen molar-refractivity contribution in [2.45, 2.75) is 37.2 Å². The maximum atomic E-state index is 13.1. The molecule has 0 heterocycles. The number of hydrogen-bond donors (Lipinski definition) is 1. The molecule has 1 aliphatic rings. The van der Waals surface area contributed by atoms with Gasteiger partial charge in [-0.3, -0.25) is 9.69 Å². The topological polar surface area (TPSA) is 69.7 Å². The van der Waals surface area contributed by atoms with Gasteiger partial charge in [0.1, 0.15) is 5.82 Å². The molecule has 0 radical (unpaired) electrons. The molecule has 1 amide bonds. The predicted molar refractivity (Wildman–Crippen MR) is 111 cm³/mol. The van der Waals surface area contributed by atoms with Crippen molar-refractivity contribution >= 4 is 21.6 Å². The van der Waals surface area contributed by atoms with Crippen molar-refractivity contribution < 1.29 is 17.6 Å². The average Bonchev–Trinajstić information content (AvgIpc) is 3.49. The summed E-state index contributed by atoms with van der Waals surface area (Å²) >= 11 is 0. The van der Waals surface area contributed by atoms with Gasteiger partial charge in [-0.15, -0.1) is 0 Å². The Morgan fingerprint density at radius 1 is 1.14 bits per heavy atom. The SMILES string of the molecule is Cc1ccc(NC(=O)CN(Cc2ccc(F)cc2)C2CC2)cc1S(=O)(=O)N(C)C. The van der Waals surface area contributed by atoms with Crippen LogP contribution in [-0.4, -0.2) is 50.2 Å². The minimum atomic E-state index is -3.60. The predicted octanol–water partition coefficient (Wildman–Crippen LogP) is 2.99. The Kier molecular flexibility index (Phi) is 6.36. The van der Waals surface area contributed by atoms with Gasteiger partial charge in [0.05, 0.1) is 11.4 Å². The number of carbonyl (C=O) groups is 1. The van der Waals surface area contributed by atoms with Gasteiger partial charge < -0.3 is 5.32 Å². The van der Waals surface area contributed by atoms with Crippen molar-refractivity contribution in [3.05, 3.63) is 59.4 Å². The molecule has 0 atom stereocenters. The fraction of sp³-hybridized carbons (Fsp3) is 0.381. The number of nitrogens with one attached hydrogen (secondary N) is 1. The molecule has 1 saturated carbocycles. The first-order valence-corrected chi connectivity index (χ1v) is 10.9. The Balaban J connectivity index is 1.70. The van der Waals surface area contributed by atoms with Gasteiger partial charge in [-0.05, 0) is 55.2 Å². The summed E-state index contributed by atoms with van der Waals surface area (Å²) in [5, 5.41) is 2.81. The zero-order chi connectivity index (χ0) is 21.2. The second kappa shape index (κ2) is 8.61. The fourth-order valence-corrected chi connectivity index (χ4v) is 4.26. The van der Waals surface area contributed by atoms with Gasteiger partial charge in [0.25, 0.3) is 0 Å². The molecule has 0 aromatic heterocycles. The van der Waals surface area contributed by atoms with Crippen LogP contribution in [-0.2, 0) is 21.4 Å². The van der Waals surface area contributed by atoms with E-state index in [1.807, 2.05) is 0 Å². The Labute approximate surface area is 171 Å². The van der Waals surface area contributed by atoms with Crippen LogP contribution in [0.5, 0.6) is 0 Å². The molecular weight excluding hydrogens is 393 g/mol. The van der Waals surface area contributed by atoms with E-state index in [0.29, 0.717) is 23.8 Å². The van der Waals surface area contributed by atoms with Crippen molar-refractivity contribution in [3.8, 4) is 0 Å². The maximum Gasteiger partial charge on any atom is 0.242 e. The first-order chi connectivity index (χ1) is 13.7. The van der Waals surface area contributed by atoms with Crippen LogP contribution in [0.25, 0.3) is 0 Å². The van der Waals surface area contributed by atoms with Crippen LogP contribution < -0.4 is 5.32 Å². The molecule has 1 N–H and O–H groups in total. The summed E-state index contributed by atoms with van der Waals surface area (Å²) in [6.07, 6.45) is 2.06. The standard InChI is InChI=1S/C21H26FN3O3S/c1-15-4-9-18(12-20(15)29(27,28)24(2)3)23-21(26)14-25(19-10-11-19)13-16-5-7-17(22)8-6-16/h4-9,12,19H,10-11,13-14H2,1-3H3,(H,23,26). The van der Waals surface area contributed by atoms with Gasteiger partial charge in [-0.2, -0.15) is 0 Å². The Morgan fingerprint density at radius 2 is 1.79 bits per heavy atom. The Hall–Kier alpha value is -2.29. The van der Waals surface area contributed by atoms with E-state index >= 15 is 0 Å². The van der Waals surface area contributed by atoms with Gasteiger partial charge in [-0.1, -0.05) is 18.2 Å². The molecule has 29 heavy (non-hydrogen) atoms. The molecule has 2 aromatic rings. The molecule has 0 aliphatic heterocycles. The van der Waals surface area contributed by atoms with E-state index in [1.165, 1.54) is 32.3 Å². The Morgan fingerprint density at radius 3 is 2.38 bits per heavy atom. The molecule has 0 bridgehead atoms. The van der Waals surface area contributed by atoms with Crippen molar-refractivity contribution in [2.24, 2.45) is 0 Å². The molecule has 8 heteroatoms. The second-order valence-corrected chi connectivity index (χ2v) is 9.70. The van der Waals surface area contributed by atoms with Crippen LogP contribution in [0.1, 0.15) is 24.0 Å². The number of nitrogens with zero attached hydrogens (tertiary/aromatic N) is 2. The van der Waals surface area contributed by atoms with E-state index in [0.717, 1.165) is 22.7 Å². The Bertz CT molecular complexity index is 987. The number of rotatable bonds is 8. The lowest BCUT2D eigenvalue weighted by Gasteiger charge is -2.22. The third kappa shape index (κ3) is 5.41. The van der Waals surface area contributed by atoms with Crippen LogP contribution in [0.15, 0.2) is 47.4 Å². The van der Waals surface area contributed by atoms with Crippen LogP contribution in [0, 0.1) is 12.7 Å². The number of sulfonamides is 1. The lowest BCUT2D eigenvalue weighted by molar-refractivity contribution is -0.117. The van der Waals surface area contributed by atoms with Crippen molar-refractivity contribution in [2.75, 3.05) is 26.0 Å². The molecule has 0 spiro atoms. The van der Waals surface area contributed by atoms with Gasteiger partial charge in [0, 0.05) is 32.4 Å². The van der Waals surface area contributed by atoms with E-state index in [9.17, 15) is 17.6 Å². The zero-order valence-corrected chi connectivity index (χ0v) is 17.7. The quantitative estimate of drug-likeness (QED) is 0.714. The molecule has 156 valence electrons. The molecule has 3 rings (SSSR count). The van der Waals surface area contributed by atoms with Crippen LogP contribution in [0.2, 0.25) is 0 Å². The summed E-state index contributed by atoms with van der Waals surface area (Å²) in [6, 6.07) is 11.5. The van der Waals surface area contributed by atoms with Gasteiger partial charge >= 0.3 is 0 Å². The largest absolute Gasteiger partial charge is 0.325 e. The zero-order valence-electron chi connectivity index (χ0n) is 16.9. The van der Waals surface area contributed by atoms with E-state index < -0.39 is 10.0 Å². The van der Waals surface area contributed by atoms with Crippen LogP contribution >= 0.6 is 0 Å². The molecule has 1 aliphatic carbocycles. The number of hydrogen-bond acceptors (Lipinski definition) is 4. The first-order valence-electron chi connectivity index (χ1n) is 9.48. The lowest BCUT2D eigenvalue weighted by Crippen LogP contribution is -2.34. The summed E-state index contributed by atoms with van der Waals surface area (Å²) in [5.41, 5.74) is 2.01. The minimum Gasteiger partial charge on any atom is -0.325 e. The number of aryl methyl sites for hydroxylation is 1. The van der Waals surface area contributed by atoms with E-state index in [2.05, 4.69) is 10.2 Å². The molecule has 0 saturated heterocycles. The minimum absolute atomic E-state index is 0.172. The summed E-state index contributed by atoms with van der Waals surface area (Å²) in [6.45, 7) is 2.47. The molecular formula is C21H26FN3O3S. The van der Waals surface area contributed by atoms with Crippen molar-refractivity contribution in [1.82, 2.24) is 9.21 Å². The molecule has 0 unspecified atom stereocenters. The third-order valence-corrected chi connectivity index (χ3v) is 6.90. The first kappa shape index (κ1) is 21.4. The highest BCUT2D eigenvalue weighted by Gasteiger charge is 2.30. The van der Waals surface area contributed by atoms with Gasteiger partial charge in [0.2, 0.25) is 15.9 Å². The molecule has 6 nitrogen and oxygen atoms in total. The van der Waals surface area contributed by atoms with Crippen molar-refractivity contribution in [1.29, 1.82) is 0 Å². The van der Waals surface area contributed by atoms with E-state index in [1.54, 1.807) is 31.2 Å². The third-order valence-electron chi connectivity index (χ3n) is 4.94. The molecule has 1 fully saturated rings. The van der Waals surface area contributed by atoms with Crippen LogP contribution in [0.3, 0.4) is 0 Å². The monoisotopic (exact) mass is 419 g/mol. The average molecular weight is 420 g/mol. The second-order valence-electron chi connectivity index (χ2n) is 7.58. The number of amides is 1. The van der Waals surface area contributed by atoms with Gasteiger partial charge in [-0.25, -0.2) is 17.1 Å². The normalized spacial score (nSPS) is 14.4. The highest BCUT2D eigenvalue weighted by molar-refractivity contribution is 7.89. The lowest BCUT2D eigenvalue weighted by atomic mass is 10.2. The maximum absolute atomic E-state index is 13.1. The van der Waals surface area contributed by atoms with E-state index in [4.69, 9.17) is 0 Å². The molecule has 2 aromatic carbocycles. The van der Waals surface area contributed by atoms with Crippen molar-refractivity contribution in [3.63, 3.8) is 0 Å². The number of benzene rings is 2. The van der Waals surface area contributed by atoms with E-state index in [-0.39, 0.29) is 23.2 Å². The summed E-state index contributed by atoms with van der Waals surface area (Å²) in [7, 11) is -0.645. The van der Waals surface area contributed by atoms with Crippen LogP contribution in [0.4, 0.5) is 10.1 Å². The summed E-state index contributed by atoms with van der Waals surface area (Å²) < 4.78 is 39.2. The number of carbonyl (C=O) groups excluding carboxylic acids is 1. The highest BCUT2D eigenvalue weighted by atomic mass is 32.2. The highest BCUT2D eigenvalue weighted by Crippen LogP contribution is 2.28. The van der Waals surface area contributed by atoms with Gasteiger partial charge in [0.15, 0.2) is 0 Å². The number of anilines is 1. The summed E-state index contributed by atoms with van der Waals surface area (Å²) in [4.78, 5) is 14.8. The summed E-state index contributed by atoms with van der Waals surface area (Å²) in [5.74, 6) is -0.497. The smallest absolute Gasteiger partial charge is 0.242 e. The fourth-order valence-electron chi connectivity index (χ4n) is 3.12. The number of halogens is 1.